The maximum atomic E-state index is 13.9. The van der Waals surface area contributed by atoms with E-state index in [1.807, 2.05) is 19.1 Å². The number of hydrogen-bond acceptors (Lipinski definition) is 8. The van der Waals surface area contributed by atoms with E-state index in [1.165, 1.54) is 28.3 Å². The Labute approximate surface area is 278 Å². The normalized spacial score (nSPS) is 16.3. The van der Waals surface area contributed by atoms with Crippen molar-refractivity contribution in [2.75, 3.05) is 42.5 Å². The summed E-state index contributed by atoms with van der Waals surface area (Å²) in [5.41, 5.74) is 2.53. The minimum atomic E-state index is -0.736. The highest BCUT2D eigenvalue weighted by Crippen LogP contribution is 2.34. The Bertz CT molecular complexity index is 1670. The summed E-state index contributed by atoms with van der Waals surface area (Å²) in [6, 6.07) is 10.2. The van der Waals surface area contributed by atoms with Crippen LogP contribution < -0.4 is 15.4 Å². The van der Waals surface area contributed by atoms with Crippen LogP contribution in [0.4, 0.5) is 15.9 Å². The molecule has 1 N–H and O–H groups in total. The van der Waals surface area contributed by atoms with Crippen LogP contribution in [0.5, 0.6) is 0 Å². The minimum absolute atomic E-state index is 0.186. The van der Waals surface area contributed by atoms with Crippen molar-refractivity contribution in [3.63, 3.8) is 0 Å². The molecule has 2 aromatic heterocycles. The number of piperazine rings is 1. The molecule has 0 unspecified atom stereocenters. The molecule has 1 aromatic carbocycles. The van der Waals surface area contributed by atoms with Crippen molar-refractivity contribution in [1.82, 2.24) is 14.3 Å². The number of rotatable bonds is 14. The number of aliphatic carboxylic acids is 1. The van der Waals surface area contributed by atoms with E-state index in [9.17, 15) is 18.8 Å². The summed E-state index contributed by atoms with van der Waals surface area (Å²) < 4.78 is 15.5. The van der Waals surface area contributed by atoms with Gasteiger partial charge in [0.1, 0.15) is 21.6 Å². The van der Waals surface area contributed by atoms with E-state index in [4.69, 9.17) is 22.3 Å². The molecule has 2 aliphatic heterocycles. The highest BCUT2D eigenvalue weighted by atomic mass is 32.2. The van der Waals surface area contributed by atoms with Gasteiger partial charge in [0.05, 0.1) is 10.5 Å². The maximum Gasteiger partial charge on any atom is 0.303 e. The highest BCUT2D eigenvalue weighted by molar-refractivity contribution is 8.26. The summed E-state index contributed by atoms with van der Waals surface area (Å²) in [5.74, 6) is -0.651. The van der Waals surface area contributed by atoms with Gasteiger partial charge < -0.3 is 14.9 Å². The largest absolute Gasteiger partial charge is 0.481 e. The molecule has 3 aromatic rings. The topological polar surface area (TPSA) is 98.5 Å². The number of carbonyl (C=O) groups is 2. The second kappa shape index (κ2) is 15.7. The Morgan fingerprint density at radius 3 is 2.24 bits per heavy atom. The van der Waals surface area contributed by atoms with E-state index in [0.717, 1.165) is 62.6 Å². The van der Waals surface area contributed by atoms with Crippen molar-refractivity contribution in [1.29, 1.82) is 0 Å². The van der Waals surface area contributed by atoms with Gasteiger partial charge in [0.15, 0.2) is 0 Å². The molecule has 12 heteroatoms. The fourth-order valence-corrected chi connectivity index (χ4v) is 7.16. The van der Waals surface area contributed by atoms with Crippen LogP contribution in [0.2, 0.25) is 0 Å². The number of anilines is 2. The zero-order chi connectivity index (χ0) is 32.6. The number of unbranched alkanes of at least 4 members (excludes halogenated alkanes) is 7. The lowest BCUT2D eigenvalue weighted by molar-refractivity contribution is -0.137. The monoisotopic (exact) mass is 665 g/mol. The quantitative estimate of drug-likeness (QED) is 0.122. The third kappa shape index (κ3) is 8.33. The van der Waals surface area contributed by atoms with Gasteiger partial charge in [-0.1, -0.05) is 68.6 Å². The molecule has 0 atom stereocenters. The second-order valence-electron chi connectivity index (χ2n) is 11.8. The summed E-state index contributed by atoms with van der Waals surface area (Å²) >= 11 is 6.81. The summed E-state index contributed by atoms with van der Waals surface area (Å²) in [6.07, 6.45) is 11.4. The standard InChI is InChI=1S/C34H40FN5O4S2/c1-24-11-16-29-36-31(38-20-18-37(19-21-38)26-14-12-25(35)13-15-26)27(32(43)40(29)23-24)22-28-33(44)39(34(45)46-28)17-9-7-5-3-2-4-6-8-10-30(41)42/h11-16,22-23H,2-10,17-21H2,1H3,(H,41,42)/b28-22+. The molecule has 0 aliphatic carbocycles. The summed E-state index contributed by atoms with van der Waals surface area (Å²) in [6.45, 7) is 5.01. The fraction of sp³-hybridized carbons (Fsp3) is 0.441. The van der Waals surface area contributed by atoms with Crippen LogP contribution in [0.3, 0.4) is 0 Å². The predicted molar refractivity (Wildman–Crippen MR) is 186 cm³/mol. The van der Waals surface area contributed by atoms with E-state index in [0.29, 0.717) is 59.0 Å². The number of halogens is 1. The fourth-order valence-electron chi connectivity index (χ4n) is 5.87. The third-order valence-corrected chi connectivity index (χ3v) is 9.81. The Kier molecular flexibility index (Phi) is 11.5. The van der Waals surface area contributed by atoms with E-state index in [-0.39, 0.29) is 23.7 Å². The van der Waals surface area contributed by atoms with E-state index in [1.54, 1.807) is 29.3 Å². The molecule has 0 bridgehead atoms. The van der Waals surface area contributed by atoms with Crippen LogP contribution >= 0.6 is 24.0 Å². The number of benzene rings is 1. The van der Waals surface area contributed by atoms with Crippen LogP contribution in [0, 0.1) is 12.7 Å². The van der Waals surface area contributed by atoms with Crippen molar-refractivity contribution >= 4 is 63.4 Å². The lowest BCUT2D eigenvalue weighted by atomic mass is 10.1. The number of carboxylic acids is 1. The number of thioether (sulfide) groups is 1. The lowest BCUT2D eigenvalue weighted by Gasteiger charge is -2.37. The van der Waals surface area contributed by atoms with Gasteiger partial charge in [-0.05, 0) is 61.7 Å². The Morgan fingerprint density at radius 1 is 0.935 bits per heavy atom. The second-order valence-corrected chi connectivity index (χ2v) is 13.5. The molecule has 2 fully saturated rings. The summed E-state index contributed by atoms with van der Waals surface area (Å²) in [7, 11) is 0. The number of pyridine rings is 1. The molecule has 244 valence electrons. The molecule has 2 saturated heterocycles. The molecule has 5 rings (SSSR count). The molecule has 0 radical (unpaired) electrons. The van der Waals surface area contributed by atoms with Crippen LogP contribution in [-0.4, -0.2) is 68.3 Å². The molecule has 4 heterocycles. The smallest absolute Gasteiger partial charge is 0.303 e. The van der Waals surface area contributed by atoms with E-state index >= 15 is 0 Å². The lowest BCUT2D eigenvalue weighted by Crippen LogP contribution is -2.47. The Hall–Kier alpha value is -3.77. The zero-order valence-electron chi connectivity index (χ0n) is 26.1. The van der Waals surface area contributed by atoms with Crippen molar-refractivity contribution in [2.24, 2.45) is 0 Å². The van der Waals surface area contributed by atoms with Crippen molar-refractivity contribution in [2.45, 2.75) is 64.7 Å². The van der Waals surface area contributed by atoms with Crippen LogP contribution in [0.15, 0.2) is 52.3 Å². The number of carbonyl (C=O) groups excluding carboxylic acids is 1. The molecule has 2 aliphatic rings. The van der Waals surface area contributed by atoms with Gasteiger partial charge >= 0.3 is 5.97 Å². The number of carboxylic acid groups (broad SMARTS) is 1. The first-order valence-corrected chi connectivity index (χ1v) is 17.2. The van der Waals surface area contributed by atoms with Crippen LogP contribution in [-0.2, 0) is 9.59 Å². The highest BCUT2D eigenvalue weighted by Gasteiger charge is 2.33. The minimum Gasteiger partial charge on any atom is -0.481 e. The average Bonchev–Trinajstić information content (AvgIpc) is 3.31. The van der Waals surface area contributed by atoms with Gasteiger partial charge in [0, 0.05) is 51.0 Å². The molecule has 1 amide bonds. The van der Waals surface area contributed by atoms with E-state index in [2.05, 4.69) is 9.80 Å². The molecule has 0 saturated carbocycles. The number of nitrogens with zero attached hydrogens (tertiary/aromatic N) is 5. The van der Waals surface area contributed by atoms with Crippen LogP contribution in [0.25, 0.3) is 11.7 Å². The predicted octanol–water partition coefficient (Wildman–Crippen LogP) is 6.27. The molecular formula is C34H40FN5O4S2. The number of fused-ring (bicyclic) bond motifs is 1. The third-order valence-electron chi connectivity index (χ3n) is 8.43. The van der Waals surface area contributed by atoms with Gasteiger partial charge in [0.25, 0.3) is 11.5 Å². The molecule has 46 heavy (non-hydrogen) atoms. The number of aromatic nitrogens is 2. The number of thiocarbonyl (C=S) groups is 1. The number of amides is 1. The zero-order valence-corrected chi connectivity index (χ0v) is 27.8. The van der Waals surface area contributed by atoms with Crippen LogP contribution in [0.1, 0.15) is 68.9 Å². The maximum absolute atomic E-state index is 13.9. The first-order chi connectivity index (χ1) is 22.2. The number of hydrogen-bond donors (Lipinski definition) is 1. The molecule has 0 spiro atoms. The van der Waals surface area contributed by atoms with E-state index < -0.39 is 5.97 Å². The molecule has 9 nitrogen and oxygen atoms in total. The van der Waals surface area contributed by atoms with Gasteiger partial charge in [-0.2, -0.15) is 0 Å². The van der Waals surface area contributed by atoms with Crippen molar-refractivity contribution in [3.05, 3.63) is 74.8 Å². The average molecular weight is 666 g/mol. The Morgan fingerprint density at radius 2 is 1.57 bits per heavy atom. The number of aryl methyl sites for hydroxylation is 1. The Balaban J connectivity index is 1.26. The summed E-state index contributed by atoms with van der Waals surface area (Å²) in [5, 5.41) is 8.73. The molecular weight excluding hydrogens is 626 g/mol. The first-order valence-electron chi connectivity index (χ1n) is 16.0. The SMILES string of the molecule is Cc1ccc2nc(N3CCN(c4ccc(F)cc4)CC3)c(/C=C3/SC(=S)N(CCCCCCCCCCC(=O)O)C3=O)c(=O)n2c1. The van der Waals surface area contributed by atoms with Gasteiger partial charge in [-0.3, -0.25) is 23.7 Å². The van der Waals surface area contributed by atoms with Crippen molar-refractivity contribution in [3.8, 4) is 0 Å². The van der Waals surface area contributed by atoms with Crippen molar-refractivity contribution < 1.29 is 19.1 Å². The van der Waals surface area contributed by atoms with Gasteiger partial charge in [-0.15, -0.1) is 0 Å². The van der Waals surface area contributed by atoms with Gasteiger partial charge in [0.2, 0.25) is 0 Å². The first kappa shape index (κ1) is 33.6. The summed E-state index contributed by atoms with van der Waals surface area (Å²) in [4.78, 5) is 49.3. The van der Waals surface area contributed by atoms with Gasteiger partial charge in [-0.25, -0.2) is 9.37 Å².